The quantitative estimate of drug-likeness (QED) is 0.296. The highest BCUT2D eigenvalue weighted by atomic mass is 32.2. The van der Waals surface area contributed by atoms with Crippen LogP contribution in [0, 0.1) is 21.8 Å². The van der Waals surface area contributed by atoms with Gasteiger partial charge in [-0.2, -0.15) is 0 Å². The number of fused-ring (bicyclic) bond motifs is 2. The van der Waals surface area contributed by atoms with Gasteiger partial charge >= 0.3 is 4.87 Å². The number of hydrogen-bond acceptors (Lipinski definition) is 8. The maximum absolute atomic E-state index is 13.5. The molecular formula is C24H19FN4O6S2. The second-order valence-corrected chi connectivity index (χ2v) is 11.3. The van der Waals surface area contributed by atoms with Crippen molar-refractivity contribution < 1.29 is 23.7 Å². The largest absolute Gasteiger partial charge is 0.325 e. The Hall–Kier alpha value is -3.84. The molecule has 13 heteroatoms. The van der Waals surface area contributed by atoms with Gasteiger partial charge in [0.25, 0.3) is 5.69 Å². The third-order valence-corrected chi connectivity index (χ3v) is 9.28. The number of carbonyl (C=O) groups excluding carboxylic acids is 3. The lowest BCUT2D eigenvalue weighted by Gasteiger charge is -2.36. The molecule has 0 radical (unpaired) electrons. The van der Waals surface area contributed by atoms with E-state index in [2.05, 4.69) is 5.32 Å². The number of benzene rings is 2. The first-order valence-corrected chi connectivity index (χ1v) is 12.8. The standard InChI is InChI=1S/C24H19FN4O6S2/c1-24(2)17-18(21(32)28(20(17)31)14-7-9-15(10-8-14)29(34)35)36-22-19(24)37-23(33)27(22)11-16(30)26-13-5-3-12(25)4-6-13/h3-10,17-18H,11H2,1-2H3,(H,26,30)/t17-,18+/m1/s1. The molecule has 37 heavy (non-hydrogen) atoms. The van der Waals surface area contributed by atoms with Crippen molar-refractivity contribution in [3.8, 4) is 0 Å². The van der Waals surface area contributed by atoms with E-state index in [1.807, 2.05) is 0 Å². The summed E-state index contributed by atoms with van der Waals surface area (Å²) in [7, 11) is 0. The summed E-state index contributed by atoms with van der Waals surface area (Å²) in [6.07, 6.45) is 0. The van der Waals surface area contributed by atoms with Crippen molar-refractivity contribution in [3.05, 3.63) is 79.0 Å². The molecule has 1 fully saturated rings. The molecule has 1 N–H and O–H groups in total. The van der Waals surface area contributed by atoms with Crippen LogP contribution in [0.4, 0.5) is 21.5 Å². The number of non-ortho nitro benzene ring substituents is 1. The van der Waals surface area contributed by atoms with Gasteiger partial charge in [0.1, 0.15) is 17.6 Å². The van der Waals surface area contributed by atoms with Gasteiger partial charge in [-0.1, -0.05) is 36.9 Å². The van der Waals surface area contributed by atoms with Crippen molar-refractivity contribution in [2.75, 3.05) is 10.2 Å². The fraction of sp³-hybridized carbons (Fsp3) is 0.250. The highest BCUT2D eigenvalue weighted by Gasteiger charge is 2.59. The summed E-state index contributed by atoms with van der Waals surface area (Å²) in [5.41, 5.74) is -0.464. The molecule has 0 bridgehead atoms. The van der Waals surface area contributed by atoms with E-state index in [-0.39, 0.29) is 17.9 Å². The van der Waals surface area contributed by atoms with Crippen LogP contribution < -0.4 is 15.1 Å². The molecule has 5 rings (SSSR count). The van der Waals surface area contributed by atoms with Gasteiger partial charge in [-0.15, -0.1) is 0 Å². The van der Waals surface area contributed by atoms with Gasteiger partial charge in [-0.3, -0.25) is 33.9 Å². The van der Waals surface area contributed by atoms with E-state index in [9.17, 15) is 33.7 Å². The van der Waals surface area contributed by atoms with Gasteiger partial charge < -0.3 is 5.32 Å². The average Bonchev–Trinajstić information content (AvgIpc) is 3.29. The zero-order chi connectivity index (χ0) is 26.6. The molecule has 0 unspecified atom stereocenters. The molecule has 3 aromatic rings. The van der Waals surface area contributed by atoms with E-state index >= 15 is 0 Å². The Morgan fingerprint density at radius 1 is 1.08 bits per heavy atom. The van der Waals surface area contributed by atoms with Gasteiger partial charge in [0.15, 0.2) is 0 Å². The Morgan fingerprint density at radius 3 is 2.35 bits per heavy atom. The van der Waals surface area contributed by atoms with Crippen LogP contribution in [0.2, 0.25) is 0 Å². The molecule has 2 atom stereocenters. The minimum absolute atomic E-state index is 0.167. The van der Waals surface area contributed by atoms with Crippen LogP contribution in [0.5, 0.6) is 0 Å². The molecule has 3 heterocycles. The summed E-state index contributed by atoms with van der Waals surface area (Å²) < 4.78 is 14.4. The summed E-state index contributed by atoms with van der Waals surface area (Å²) >= 11 is 2.00. The summed E-state index contributed by atoms with van der Waals surface area (Å²) in [5.74, 6) is -2.67. The third kappa shape index (κ3) is 4.13. The van der Waals surface area contributed by atoms with Crippen molar-refractivity contribution in [2.45, 2.75) is 36.1 Å². The van der Waals surface area contributed by atoms with E-state index in [1.54, 1.807) is 13.8 Å². The molecule has 0 spiro atoms. The van der Waals surface area contributed by atoms with Crippen LogP contribution in [0.3, 0.4) is 0 Å². The number of amides is 3. The highest BCUT2D eigenvalue weighted by molar-refractivity contribution is 8.00. The van der Waals surface area contributed by atoms with E-state index in [1.165, 1.54) is 53.1 Å². The molecule has 3 amide bonds. The summed E-state index contributed by atoms with van der Waals surface area (Å²) in [4.78, 5) is 64.1. The smallest absolute Gasteiger partial charge is 0.308 e. The second-order valence-electron chi connectivity index (χ2n) is 9.17. The van der Waals surface area contributed by atoms with Crippen molar-refractivity contribution in [1.82, 2.24) is 4.57 Å². The Morgan fingerprint density at radius 2 is 1.73 bits per heavy atom. The fourth-order valence-electron chi connectivity index (χ4n) is 4.62. The number of thioether (sulfide) groups is 1. The predicted octanol–water partition coefficient (Wildman–Crippen LogP) is 3.54. The van der Waals surface area contributed by atoms with Gasteiger partial charge in [-0.25, -0.2) is 9.29 Å². The number of carbonyl (C=O) groups is 3. The maximum atomic E-state index is 13.5. The minimum atomic E-state index is -0.893. The molecule has 10 nitrogen and oxygen atoms in total. The molecule has 1 aromatic heterocycles. The maximum Gasteiger partial charge on any atom is 0.308 e. The molecular weight excluding hydrogens is 523 g/mol. The van der Waals surface area contributed by atoms with Crippen molar-refractivity contribution >= 4 is 57.9 Å². The lowest BCUT2D eigenvalue weighted by molar-refractivity contribution is -0.384. The number of thiazole rings is 1. The summed E-state index contributed by atoms with van der Waals surface area (Å²) in [6.45, 7) is 3.25. The molecule has 2 aliphatic rings. The topological polar surface area (TPSA) is 132 Å². The van der Waals surface area contributed by atoms with Crippen LogP contribution in [0.1, 0.15) is 18.7 Å². The first-order valence-electron chi connectivity index (χ1n) is 11.1. The number of rotatable bonds is 5. The van der Waals surface area contributed by atoms with Crippen LogP contribution in [0.25, 0.3) is 0 Å². The normalized spacial score (nSPS) is 19.9. The van der Waals surface area contributed by atoms with E-state index in [0.717, 1.165) is 28.0 Å². The average molecular weight is 543 g/mol. The Balaban J connectivity index is 1.45. The molecule has 2 aliphatic heterocycles. The van der Waals surface area contributed by atoms with Crippen molar-refractivity contribution in [3.63, 3.8) is 0 Å². The SMILES string of the molecule is CC1(C)c2sc(=O)n(CC(=O)Nc3ccc(F)cc3)c2S[C@@H]2C(=O)N(c3ccc([N+](=O)[O-])cc3)C(=O)[C@@H]21. The van der Waals surface area contributed by atoms with Gasteiger partial charge in [-0.05, 0) is 36.4 Å². The number of anilines is 2. The number of nitro benzene ring substituents is 1. The van der Waals surface area contributed by atoms with Crippen LogP contribution in [-0.4, -0.2) is 32.5 Å². The van der Waals surface area contributed by atoms with Crippen molar-refractivity contribution in [1.29, 1.82) is 0 Å². The fourth-order valence-corrected chi connectivity index (χ4v) is 7.66. The third-order valence-electron chi connectivity index (χ3n) is 6.45. The Kier molecular flexibility index (Phi) is 5.99. The monoisotopic (exact) mass is 542 g/mol. The molecule has 0 saturated carbocycles. The zero-order valence-corrected chi connectivity index (χ0v) is 21.1. The van der Waals surface area contributed by atoms with Gasteiger partial charge in [0.05, 0.1) is 21.6 Å². The Bertz CT molecular complexity index is 1510. The second kappa shape index (κ2) is 8.92. The first-order chi connectivity index (χ1) is 17.5. The molecule has 0 aliphatic carbocycles. The van der Waals surface area contributed by atoms with Gasteiger partial charge in [0.2, 0.25) is 17.7 Å². The number of hydrogen-bond donors (Lipinski definition) is 1. The number of nitrogens with zero attached hydrogens (tertiary/aromatic N) is 3. The summed E-state index contributed by atoms with van der Waals surface area (Å²) in [5, 5.41) is 13.2. The highest BCUT2D eigenvalue weighted by Crippen LogP contribution is 2.54. The lowest BCUT2D eigenvalue weighted by atomic mass is 9.76. The molecule has 2 aromatic carbocycles. The van der Waals surface area contributed by atoms with Gasteiger partial charge in [0, 0.05) is 28.1 Å². The zero-order valence-electron chi connectivity index (χ0n) is 19.5. The van der Waals surface area contributed by atoms with Crippen LogP contribution >= 0.6 is 23.1 Å². The van der Waals surface area contributed by atoms with E-state index < -0.39 is 49.9 Å². The van der Waals surface area contributed by atoms with Crippen LogP contribution in [0.15, 0.2) is 58.4 Å². The number of nitro groups is 1. The van der Waals surface area contributed by atoms with E-state index in [4.69, 9.17) is 0 Å². The first kappa shape index (κ1) is 24.8. The number of aromatic nitrogens is 1. The molecule has 1 saturated heterocycles. The van der Waals surface area contributed by atoms with Crippen LogP contribution in [-0.2, 0) is 26.3 Å². The van der Waals surface area contributed by atoms with Crippen molar-refractivity contribution in [2.24, 2.45) is 5.92 Å². The molecule has 190 valence electrons. The number of imide groups is 1. The minimum Gasteiger partial charge on any atom is -0.325 e. The van der Waals surface area contributed by atoms with E-state index in [0.29, 0.717) is 15.6 Å². The predicted molar refractivity (Wildman–Crippen MR) is 135 cm³/mol. The Labute approximate surface area is 217 Å². The lowest BCUT2D eigenvalue weighted by Crippen LogP contribution is -2.41. The number of nitrogens with one attached hydrogen (secondary N) is 1. The summed E-state index contributed by atoms with van der Waals surface area (Å²) in [6, 6.07) is 10.4. The number of halogens is 1.